The van der Waals surface area contributed by atoms with Crippen molar-refractivity contribution in [3.8, 4) is 0 Å². The van der Waals surface area contributed by atoms with Crippen LogP contribution in [-0.4, -0.2) is 36.8 Å². The Morgan fingerprint density at radius 1 is 1.20 bits per heavy atom. The molecule has 0 atom stereocenters. The zero-order chi connectivity index (χ0) is 15.3. The monoisotopic (exact) mass is 290 g/mol. The van der Waals surface area contributed by atoms with Crippen molar-refractivity contribution in [1.82, 2.24) is 10.2 Å². The average Bonchev–Trinajstić information content (AvgIpc) is 2.38. The predicted octanol–water partition coefficient (Wildman–Crippen LogP) is 3.86. The molecular weight excluding hydrogens is 265 g/mol. The van der Waals surface area contributed by atoms with Crippen molar-refractivity contribution in [3.05, 3.63) is 23.4 Å². The lowest BCUT2D eigenvalue weighted by Gasteiger charge is -2.33. The summed E-state index contributed by atoms with van der Waals surface area (Å²) >= 11 is 0. The van der Waals surface area contributed by atoms with Gasteiger partial charge in [-0.2, -0.15) is 13.2 Å². The van der Waals surface area contributed by atoms with Crippen LogP contribution >= 0.6 is 0 Å². The molecule has 0 aliphatic carbocycles. The van der Waals surface area contributed by atoms with Gasteiger partial charge in [0, 0.05) is 36.9 Å². The van der Waals surface area contributed by atoms with Gasteiger partial charge >= 0.3 is 6.18 Å². The fourth-order valence-corrected chi connectivity index (χ4v) is 2.28. The summed E-state index contributed by atoms with van der Waals surface area (Å²) in [6.45, 7) is 10.7. The third-order valence-electron chi connectivity index (χ3n) is 3.65. The average molecular weight is 290 g/mol. The second kappa shape index (κ2) is 7.16. The van der Waals surface area contributed by atoms with Gasteiger partial charge < -0.3 is 10.2 Å². The number of hydrogen-bond donors (Lipinski definition) is 1. The molecule has 1 N–H and O–H groups in total. The number of nitrogens with zero attached hydrogens (tertiary/aromatic N) is 1. The van der Waals surface area contributed by atoms with Crippen molar-refractivity contribution >= 4 is 0 Å². The summed E-state index contributed by atoms with van der Waals surface area (Å²) in [5.41, 5.74) is 0.266. The molecule has 0 aromatic heterocycles. The number of rotatable bonds is 5. The Labute approximate surface area is 119 Å². The molecule has 1 aliphatic rings. The van der Waals surface area contributed by atoms with Crippen LogP contribution in [0.3, 0.4) is 0 Å². The minimum Gasteiger partial charge on any atom is -0.372 e. The maximum absolute atomic E-state index is 13.0. The third-order valence-corrected chi connectivity index (χ3v) is 3.65. The highest BCUT2D eigenvalue weighted by atomic mass is 19.4. The number of halogens is 3. The Morgan fingerprint density at radius 2 is 1.75 bits per heavy atom. The molecule has 0 amide bonds. The molecule has 0 aromatic carbocycles. The zero-order valence-electron chi connectivity index (χ0n) is 12.6. The molecule has 5 heteroatoms. The van der Waals surface area contributed by atoms with Gasteiger partial charge in [0.15, 0.2) is 0 Å². The lowest BCUT2D eigenvalue weighted by molar-refractivity contribution is -0.0922. The molecule has 116 valence electrons. The molecule has 1 aliphatic heterocycles. The largest absolute Gasteiger partial charge is 0.412 e. The van der Waals surface area contributed by atoms with E-state index in [9.17, 15) is 13.2 Å². The molecule has 0 saturated carbocycles. The van der Waals surface area contributed by atoms with Crippen LogP contribution in [-0.2, 0) is 0 Å². The quantitative estimate of drug-likeness (QED) is 0.773. The SMILES string of the molecule is C=C(/C(CNC(C)C)=C(\C)C(F)(F)F)N1CCCCC1. The smallest absolute Gasteiger partial charge is 0.372 e. The number of hydrogen-bond acceptors (Lipinski definition) is 2. The van der Waals surface area contributed by atoms with Crippen LogP contribution in [0.4, 0.5) is 13.2 Å². The van der Waals surface area contributed by atoms with E-state index in [-0.39, 0.29) is 18.2 Å². The molecule has 0 radical (unpaired) electrons. The normalized spacial score (nSPS) is 18.2. The molecule has 1 rings (SSSR count). The van der Waals surface area contributed by atoms with Gasteiger partial charge in [-0.05, 0) is 31.8 Å². The molecule has 1 saturated heterocycles. The molecule has 2 nitrogen and oxygen atoms in total. The lowest BCUT2D eigenvalue weighted by atomic mass is 10.0. The minimum atomic E-state index is -4.30. The van der Waals surface area contributed by atoms with Gasteiger partial charge in [0.05, 0.1) is 0 Å². The molecule has 0 spiro atoms. The van der Waals surface area contributed by atoms with Crippen LogP contribution in [0.2, 0.25) is 0 Å². The van der Waals surface area contributed by atoms with Gasteiger partial charge in [-0.15, -0.1) is 0 Å². The maximum Gasteiger partial charge on any atom is 0.412 e. The fourth-order valence-electron chi connectivity index (χ4n) is 2.28. The molecule has 1 heterocycles. The van der Waals surface area contributed by atoms with E-state index >= 15 is 0 Å². The number of nitrogens with one attached hydrogen (secondary N) is 1. The van der Waals surface area contributed by atoms with Gasteiger partial charge in [0.2, 0.25) is 0 Å². The van der Waals surface area contributed by atoms with Gasteiger partial charge in [-0.3, -0.25) is 0 Å². The highest BCUT2D eigenvalue weighted by Crippen LogP contribution is 2.31. The second-order valence-electron chi connectivity index (χ2n) is 5.63. The van der Waals surface area contributed by atoms with Gasteiger partial charge in [-0.25, -0.2) is 0 Å². The first-order chi connectivity index (χ1) is 9.23. The predicted molar refractivity (Wildman–Crippen MR) is 76.5 cm³/mol. The summed E-state index contributed by atoms with van der Waals surface area (Å²) in [5.74, 6) is 0. The van der Waals surface area contributed by atoms with Crippen molar-refractivity contribution in [2.75, 3.05) is 19.6 Å². The molecule has 0 bridgehead atoms. The number of piperidine rings is 1. The summed E-state index contributed by atoms with van der Waals surface area (Å²) in [6, 6.07) is 0.139. The summed E-state index contributed by atoms with van der Waals surface area (Å²) in [4.78, 5) is 1.98. The molecule has 1 fully saturated rings. The van der Waals surface area contributed by atoms with E-state index in [2.05, 4.69) is 11.9 Å². The van der Waals surface area contributed by atoms with Gasteiger partial charge in [0.25, 0.3) is 0 Å². The summed E-state index contributed by atoms with van der Waals surface area (Å²) < 4.78 is 39.0. The van der Waals surface area contributed by atoms with E-state index in [4.69, 9.17) is 0 Å². The topological polar surface area (TPSA) is 15.3 Å². The Morgan fingerprint density at radius 3 is 2.20 bits per heavy atom. The van der Waals surface area contributed by atoms with E-state index in [1.54, 1.807) is 0 Å². The van der Waals surface area contributed by atoms with Crippen LogP contribution in [0.25, 0.3) is 0 Å². The van der Waals surface area contributed by atoms with Gasteiger partial charge in [-0.1, -0.05) is 20.4 Å². The molecular formula is C15H25F3N2. The van der Waals surface area contributed by atoms with Gasteiger partial charge in [0.1, 0.15) is 0 Å². The lowest BCUT2D eigenvalue weighted by Crippen LogP contribution is -2.34. The van der Waals surface area contributed by atoms with Crippen LogP contribution in [0.1, 0.15) is 40.0 Å². The summed E-state index contributed by atoms with van der Waals surface area (Å²) in [5, 5.41) is 3.07. The van der Waals surface area contributed by atoms with Crippen molar-refractivity contribution < 1.29 is 13.2 Å². The molecule has 0 aromatic rings. The van der Waals surface area contributed by atoms with Crippen molar-refractivity contribution in [3.63, 3.8) is 0 Å². The highest BCUT2D eigenvalue weighted by molar-refractivity contribution is 5.35. The van der Waals surface area contributed by atoms with Crippen LogP contribution in [0.5, 0.6) is 0 Å². The van der Waals surface area contributed by atoms with Crippen molar-refractivity contribution in [2.24, 2.45) is 0 Å². The summed E-state index contributed by atoms with van der Waals surface area (Å²) in [6.07, 6.45) is -1.11. The third kappa shape index (κ3) is 4.85. The number of allylic oxidation sites excluding steroid dienone is 1. The Bertz CT molecular complexity index is 364. The molecule has 0 unspecified atom stereocenters. The summed E-state index contributed by atoms with van der Waals surface area (Å²) in [7, 11) is 0. The minimum absolute atomic E-state index is 0.139. The highest BCUT2D eigenvalue weighted by Gasteiger charge is 2.34. The van der Waals surface area contributed by atoms with Crippen molar-refractivity contribution in [1.29, 1.82) is 0 Å². The van der Waals surface area contributed by atoms with E-state index in [0.717, 1.165) is 39.3 Å². The van der Waals surface area contributed by atoms with E-state index in [1.807, 2.05) is 18.7 Å². The Kier molecular flexibility index (Phi) is 6.11. The van der Waals surface area contributed by atoms with E-state index in [1.165, 1.54) is 0 Å². The second-order valence-corrected chi connectivity index (χ2v) is 5.63. The first-order valence-corrected chi connectivity index (χ1v) is 7.18. The number of alkyl halides is 3. The standard InChI is InChI=1S/C15H25F3N2/c1-11(2)19-10-14(12(3)15(16,17)18)13(4)20-8-6-5-7-9-20/h11,19H,4-10H2,1-3H3/b14-12+. The fraction of sp³-hybridized carbons (Fsp3) is 0.733. The Balaban J connectivity index is 2.94. The van der Waals surface area contributed by atoms with E-state index < -0.39 is 11.7 Å². The maximum atomic E-state index is 13.0. The number of likely N-dealkylation sites (tertiary alicyclic amines) is 1. The first-order valence-electron chi connectivity index (χ1n) is 7.18. The van der Waals surface area contributed by atoms with Crippen LogP contribution in [0, 0.1) is 0 Å². The zero-order valence-corrected chi connectivity index (χ0v) is 12.6. The van der Waals surface area contributed by atoms with Crippen LogP contribution < -0.4 is 5.32 Å². The Hall–Kier alpha value is -0.970. The van der Waals surface area contributed by atoms with Crippen molar-refractivity contribution in [2.45, 2.75) is 52.3 Å². The first kappa shape index (κ1) is 17.1. The van der Waals surface area contributed by atoms with E-state index in [0.29, 0.717) is 5.70 Å². The molecule has 20 heavy (non-hydrogen) atoms. The van der Waals surface area contributed by atoms with Crippen LogP contribution in [0.15, 0.2) is 23.4 Å².